The van der Waals surface area contributed by atoms with Crippen LogP contribution in [0, 0.1) is 5.92 Å². The zero-order chi connectivity index (χ0) is 20.4. The molecule has 0 aliphatic carbocycles. The zero-order valence-electron chi connectivity index (χ0n) is 16.7. The topological polar surface area (TPSA) is 80.4 Å². The van der Waals surface area contributed by atoms with Gasteiger partial charge in [-0.3, -0.25) is 9.59 Å². The Hall–Kier alpha value is -3.02. The zero-order valence-corrected chi connectivity index (χ0v) is 16.7. The van der Waals surface area contributed by atoms with Gasteiger partial charge in [-0.2, -0.15) is 0 Å². The van der Waals surface area contributed by atoms with Gasteiger partial charge in [0.2, 0.25) is 11.3 Å². The van der Waals surface area contributed by atoms with Crippen LogP contribution in [0.5, 0.6) is 11.5 Å². The number of aromatic amines is 1. The first kappa shape index (κ1) is 21.3. The smallest absolute Gasteiger partial charge is 0.244 e. The molecule has 0 spiro atoms. The summed E-state index contributed by atoms with van der Waals surface area (Å²) in [5.41, 5.74) is 1.31. The second kappa shape index (κ2) is 11.0. The van der Waals surface area contributed by atoms with E-state index < -0.39 is 0 Å². The molecule has 0 saturated heterocycles. The van der Waals surface area contributed by atoms with E-state index in [1.54, 1.807) is 6.08 Å². The van der Waals surface area contributed by atoms with Crippen molar-refractivity contribution < 1.29 is 14.3 Å². The molecule has 1 aromatic carbocycles. The summed E-state index contributed by atoms with van der Waals surface area (Å²) in [4.78, 5) is 27.0. The Bertz CT molecular complexity index is 838. The number of hydrogen-bond donors (Lipinski definition) is 2. The minimum Gasteiger partial charge on any atom is -0.494 e. The Labute approximate surface area is 165 Å². The van der Waals surface area contributed by atoms with Crippen molar-refractivity contribution in [3.8, 4) is 11.5 Å². The van der Waals surface area contributed by atoms with Crippen molar-refractivity contribution in [1.29, 1.82) is 0 Å². The van der Waals surface area contributed by atoms with E-state index in [9.17, 15) is 9.59 Å². The number of rotatable bonds is 10. The Balaban J connectivity index is 1.84. The van der Waals surface area contributed by atoms with Gasteiger partial charge in [-0.1, -0.05) is 32.9 Å². The van der Waals surface area contributed by atoms with Gasteiger partial charge in [0, 0.05) is 24.0 Å². The quantitative estimate of drug-likeness (QED) is 0.614. The second-order valence-corrected chi connectivity index (χ2v) is 6.86. The maximum atomic E-state index is 12.0. The van der Waals surface area contributed by atoms with E-state index in [4.69, 9.17) is 9.47 Å². The molecule has 0 atom stereocenters. The fourth-order valence-electron chi connectivity index (χ4n) is 2.28. The second-order valence-electron chi connectivity index (χ2n) is 6.86. The van der Waals surface area contributed by atoms with Gasteiger partial charge < -0.3 is 19.8 Å². The molecule has 0 bridgehead atoms. The van der Waals surface area contributed by atoms with Crippen molar-refractivity contribution in [2.24, 2.45) is 5.92 Å². The molecule has 0 unspecified atom stereocenters. The molecule has 0 radical (unpaired) electrons. The Morgan fingerprint density at radius 3 is 2.61 bits per heavy atom. The molecule has 28 heavy (non-hydrogen) atoms. The minimum atomic E-state index is -0.243. The third-order valence-corrected chi connectivity index (χ3v) is 3.74. The molecule has 1 amide bonds. The number of ether oxygens (including phenoxy) is 2. The molecule has 1 heterocycles. The number of carbonyl (C=O) groups is 1. The van der Waals surface area contributed by atoms with Crippen LogP contribution in [0.1, 0.15) is 38.4 Å². The molecule has 2 N–H and O–H groups in total. The molecule has 6 nitrogen and oxygen atoms in total. The fourth-order valence-corrected chi connectivity index (χ4v) is 2.28. The normalized spacial score (nSPS) is 11.0. The van der Waals surface area contributed by atoms with Crippen LogP contribution in [0.2, 0.25) is 0 Å². The van der Waals surface area contributed by atoms with Crippen molar-refractivity contribution in [2.45, 2.75) is 33.7 Å². The number of amides is 1. The van der Waals surface area contributed by atoms with Crippen LogP contribution < -0.4 is 20.2 Å². The Morgan fingerprint density at radius 1 is 1.21 bits per heavy atom. The van der Waals surface area contributed by atoms with E-state index in [0.717, 1.165) is 17.7 Å². The van der Waals surface area contributed by atoms with Gasteiger partial charge in [0.1, 0.15) is 5.75 Å². The van der Waals surface area contributed by atoms with E-state index in [1.807, 2.05) is 38.1 Å². The van der Waals surface area contributed by atoms with Crippen molar-refractivity contribution >= 4 is 12.0 Å². The summed E-state index contributed by atoms with van der Waals surface area (Å²) in [5, 5.41) is 2.74. The van der Waals surface area contributed by atoms with Gasteiger partial charge in [0.05, 0.1) is 19.8 Å². The monoisotopic (exact) mass is 384 g/mol. The maximum absolute atomic E-state index is 12.0. The number of nitrogens with one attached hydrogen (secondary N) is 2. The third kappa shape index (κ3) is 7.31. The third-order valence-electron chi connectivity index (χ3n) is 3.74. The molecule has 6 heteroatoms. The lowest BCUT2D eigenvalue weighted by Crippen LogP contribution is -2.22. The molecule has 1 aromatic heterocycles. The minimum absolute atomic E-state index is 0.204. The van der Waals surface area contributed by atoms with Crippen molar-refractivity contribution in [2.75, 3.05) is 13.2 Å². The van der Waals surface area contributed by atoms with E-state index in [-0.39, 0.29) is 23.6 Å². The van der Waals surface area contributed by atoms with E-state index in [2.05, 4.69) is 17.2 Å². The molecular weight excluding hydrogens is 356 g/mol. The van der Waals surface area contributed by atoms with Gasteiger partial charge in [-0.15, -0.1) is 0 Å². The van der Waals surface area contributed by atoms with Crippen molar-refractivity contribution in [3.63, 3.8) is 0 Å². The summed E-state index contributed by atoms with van der Waals surface area (Å²) in [6.45, 7) is 7.48. The van der Waals surface area contributed by atoms with Crippen molar-refractivity contribution in [3.05, 3.63) is 64.1 Å². The van der Waals surface area contributed by atoms with E-state index >= 15 is 0 Å². The van der Waals surface area contributed by atoms with Gasteiger partial charge in [-0.05, 0) is 36.1 Å². The maximum Gasteiger partial charge on any atom is 0.244 e. The molecule has 2 rings (SSSR count). The van der Waals surface area contributed by atoms with Crippen LogP contribution in [0.4, 0.5) is 0 Å². The average molecular weight is 384 g/mol. The lowest BCUT2D eigenvalue weighted by molar-refractivity contribution is -0.116. The van der Waals surface area contributed by atoms with Gasteiger partial charge in [0.25, 0.3) is 0 Å². The molecular formula is C22H28N2O4. The van der Waals surface area contributed by atoms with Crippen LogP contribution >= 0.6 is 0 Å². The van der Waals surface area contributed by atoms with Gasteiger partial charge >= 0.3 is 0 Å². The van der Waals surface area contributed by atoms with Crippen LogP contribution in [-0.4, -0.2) is 24.1 Å². The number of hydrogen-bond acceptors (Lipinski definition) is 4. The van der Waals surface area contributed by atoms with E-state index in [1.165, 1.54) is 18.3 Å². The summed E-state index contributed by atoms with van der Waals surface area (Å²) in [6, 6.07) is 8.97. The van der Waals surface area contributed by atoms with E-state index in [0.29, 0.717) is 24.8 Å². The largest absolute Gasteiger partial charge is 0.494 e. The molecule has 2 aromatic rings. The van der Waals surface area contributed by atoms with Gasteiger partial charge in [0.15, 0.2) is 5.75 Å². The molecule has 150 valence electrons. The summed E-state index contributed by atoms with van der Waals surface area (Å²) in [6.07, 6.45) is 5.68. The number of pyridine rings is 1. The average Bonchev–Trinajstić information content (AvgIpc) is 2.69. The molecule has 0 fully saturated rings. The lowest BCUT2D eigenvalue weighted by Gasteiger charge is -2.09. The predicted molar refractivity (Wildman–Crippen MR) is 111 cm³/mol. The van der Waals surface area contributed by atoms with Crippen LogP contribution in [0.25, 0.3) is 6.08 Å². The highest BCUT2D eigenvalue weighted by Gasteiger charge is 2.05. The summed E-state index contributed by atoms with van der Waals surface area (Å²) < 4.78 is 11.0. The molecule has 0 saturated carbocycles. The SMILES string of the molecule is CCCOc1ccc(/C=C/C(=O)NCc2cc(=O)c(OCC(C)C)c[nH]2)cc1. The van der Waals surface area contributed by atoms with Crippen LogP contribution in [0.3, 0.4) is 0 Å². The molecule has 0 aliphatic heterocycles. The first-order valence-electron chi connectivity index (χ1n) is 9.51. The van der Waals surface area contributed by atoms with Crippen LogP contribution in [0.15, 0.2) is 47.4 Å². The number of aromatic nitrogens is 1. The highest BCUT2D eigenvalue weighted by atomic mass is 16.5. The fraction of sp³-hybridized carbons (Fsp3) is 0.364. The van der Waals surface area contributed by atoms with Gasteiger partial charge in [-0.25, -0.2) is 0 Å². The Kier molecular flexibility index (Phi) is 8.34. The summed E-state index contributed by atoms with van der Waals surface area (Å²) in [7, 11) is 0. The summed E-state index contributed by atoms with van der Waals surface area (Å²) in [5.74, 6) is 1.20. The Morgan fingerprint density at radius 2 is 1.96 bits per heavy atom. The number of carbonyl (C=O) groups excluding carboxylic acids is 1. The van der Waals surface area contributed by atoms with Crippen molar-refractivity contribution in [1.82, 2.24) is 10.3 Å². The molecule has 0 aliphatic rings. The summed E-state index contributed by atoms with van der Waals surface area (Å²) >= 11 is 0. The highest BCUT2D eigenvalue weighted by molar-refractivity contribution is 5.91. The predicted octanol–water partition coefficient (Wildman–Crippen LogP) is 3.53. The standard InChI is InChI=1S/C22H28N2O4/c1-4-11-27-19-8-5-17(6-9-19)7-10-22(26)24-13-18-12-20(25)21(14-23-18)28-15-16(2)3/h5-10,12,14,16H,4,11,13,15H2,1-3H3,(H,23,25)(H,24,26)/b10-7+. The highest BCUT2D eigenvalue weighted by Crippen LogP contribution is 2.13. The number of H-pyrrole nitrogens is 1. The first-order chi connectivity index (χ1) is 13.5. The lowest BCUT2D eigenvalue weighted by atomic mass is 10.2. The van der Waals surface area contributed by atoms with Crippen LogP contribution in [-0.2, 0) is 11.3 Å². The first-order valence-corrected chi connectivity index (χ1v) is 9.51. The number of benzene rings is 1.